The van der Waals surface area contributed by atoms with Crippen molar-refractivity contribution >= 4 is 34.0 Å². The van der Waals surface area contributed by atoms with Crippen molar-refractivity contribution in [3.8, 4) is 0 Å². The van der Waals surface area contributed by atoms with Gasteiger partial charge in [0.2, 0.25) is 0 Å². The molecule has 0 aliphatic heterocycles. The molecule has 1 N–H and O–H groups in total. The van der Waals surface area contributed by atoms with Gasteiger partial charge in [0.05, 0.1) is 5.69 Å². The number of aryl methyl sites for hydroxylation is 2. The summed E-state index contributed by atoms with van der Waals surface area (Å²) in [6.07, 6.45) is 0.846. The molecule has 2 aromatic heterocycles. The van der Waals surface area contributed by atoms with Crippen molar-refractivity contribution in [1.82, 2.24) is 15.2 Å². The first kappa shape index (κ1) is 12.9. The van der Waals surface area contributed by atoms with Crippen molar-refractivity contribution in [3.05, 3.63) is 33.6 Å². The summed E-state index contributed by atoms with van der Waals surface area (Å²) in [4.78, 5) is 17.3. The molecule has 0 unspecified atom stereocenters. The fourth-order valence-electron chi connectivity index (χ4n) is 1.41. The third kappa shape index (κ3) is 2.83. The highest BCUT2D eigenvalue weighted by atomic mass is 35.5. The summed E-state index contributed by atoms with van der Waals surface area (Å²) in [6, 6.07) is 3.04. The van der Waals surface area contributed by atoms with Crippen molar-refractivity contribution < 1.29 is 4.79 Å². The van der Waals surface area contributed by atoms with E-state index in [9.17, 15) is 4.79 Å². The van der Waals surface area contributed by atoms with E-state index >= 15 is 0 Å². The lowest BCUT2D eigenvalue weighted by atomic mass is 10.3. The molecule has 2 rings (SSSR count). The van der Waals surface area contributed by atoms with Gasteiger partial charge in [0.15, 0.2) is 16.0 Å². The number of carbonyl (C=O) groups is 1. The lowest BCUT2D eigenvalue weighted by Gasteiger charge is -1.99. The largest absolute Gasteiger partial charge is 0.296 e. The molecule has 2 heterocycles. The SMILES string of the molecule is CCc1nc(NC(=O)c2ccc(Cl)nn2)sc1C. The van der Waals surface area contributed by atoms with E-state index in [0.29, 0.717) is 5.13 Å². The van der Waals surface area contributed by atoms with Gasteiger partial charge < -0.3 is 0 Å². The Balaban J connectivity index is 2.13. The summed E-state index contributed by atoms with van der Waals surface area (Å²) >= 11 is 7.05. The molecule has 0 atom stereocenters. The third-order valence-electron chi connectivity index (χ3n) is 2.31. The van der Waals surface area contributed by atoms with Crippen LogP contribution in [0.25, 0.3) is 0 Å². The van der Waals surface area contributed by atoms with E-state index in [-0.39, 0.29) is 16.8 Å². The Labute approximate surface area is 113 Å². The molecule has 0 aliphatic carbocycles. The van der Waals surface area contributed by atoms with Crippen molar-refractivity contribution in [2.24, 2.45) is 0 Å². The lowest BCUT2D eigenvalue weighted by Crippen LogP contribution is -2.14. The molecule has 2 aromatic rings. The number of anilines is 1. The number of halogens is 1. The summed E-state index contributed by atoms with van der Waals surface area (Å²) in [5.41, 5.74) is 1.21. The van der Waals surface area contributed by atoms with Crippen LogP contribution in [0.5, 0.6) is 0 Å². The second-order valence-corrected chi connectivity index (χ2v) is 5.16. The topological polar surface area (TPSA) is 67.8 Å². The van der Waals surface area contributed by atoms with Crippen LogP contribution in [0.4, 0.5) is 5.13 Å². The van der Waals surface area contributed by atoms with Gasteiger partial charge >= 0.3 is 0 Å². The molecule has 0 aliphatic rings. The number of rotatable bonds is 3. The van der Waals surface area contributed by atoms with E-state index in [1.54, 1.807) is 0 Å². The Hall–Kier alpha value is -1.53. The van der Waals surface area contributed by atoms with E-state index in [4.69, 9.17) is 11.6 Å². The van der Waals surface area contributed by atoms with Crippen LogP contribution in [0.3, 0.4) is 0 Å². The Morgan fingerprint density at radius 2 is 2.22 bits per heavy atom. The van der Waals surface area contributed by atoms with E-state index in [0.717, 1.165) is 17.0 Å². The molecule has 18 heavy (non-hydrogen) atoms. The smallest absolute Gasteiger partial charge is 0.277 e. The highest BCUT2D eigenvalue weighted by Crippen LogP contribution is 2.22. The summed E-state index contributed by atoms with van der Waals surface area (Å²) in [6.45, 7) is 4.01. The van der Waals surface area contributed by atoms with Gasteiger partial charge in [0, 0.05) is 4.88 Å². The Morgan fingerprint density at radius 3 is 2.78 bits per heavy atom. The molecule has 0 fully saturated rings. The number of amides is 1. The van der Waals surface area contributed by atoms with Crippen LogP contribution in [-0.2, 0) is 6.42 Å². The maximum atomic E-state index is 11.8. The van der Waals surface area contributed by atoms with Crippen molar-refractivity contribution in [2.75, 3.05) is 5.32 Å². The molecule has 0 spiro atoms. The maximum Gasteiger partial charge on any atom is 0.277 e. The van der Waals surface area contributed by atoms with Gasteiger partial charge in [-0.15, -0.1) is 21.5 Å². The Bertz CT molecular complexity index is 567. The van der Waals surface area contributed by atoms with Crippen LogP contribution in [0.1, 0.15) is 28.0 Å². The van der Waals surface area contributed by atoms with Crippen LogP contribution in [0, 0.1) is 6.92 Å². The highest BCUT2D eigenvalue weighted by Gasteiger charge is 2.12. The summed E-state index contributed by atoms with van der Waals surface area (Å²) in [7, 11) is 0. The third-order valence-corrected chi connectivity index (χ3v) is 3.44. The van der Waals surface area contributed by atoms with Gasteiger partial charge in [-0.1, -0.05) is 18.5 Å². The highest BCUT2D eigenvalue weighted by molar-refractivity contribution is 7.15. The van der Waals surface area contributed by atoms with Crippen LogP contribution < -0.4 is 5.32 Å². The molecule has 0 aromatic carbocycles. The molecule has 0 saturated carbocycles. The Kier molecular flexibility index (Phi) is 3.88. The summed E-state index contributed by atoms with van der Waals surface area (Å²) in [5, 5.41) is 10.9. The fourth-order valence-corrected chi connectivity index (χ4v) is 2.41. The molecule has 5 nitrogen and oxygen atoms in total. The number of nitrogens with one attached hydrogen (secondary N) is 1. The molecule has 94 valence electrons. The minimum Gasteiger partial charge on any atom is -0.296 e. The molecule has 0 saturated heterocycles. The number of nitrogens with zero attached hydrogens (tertiary/aromatic N) is 3. The quantitative estimate of drug-likeness (QED) is 0.940. The van der Waals surface area contributed by atoms with Crippen molar-refractivity contribution in [3.63, 3.8) is 0 Å². The second kappa shape index (κ2) is 5.41. The van der Waals surface area contributed by atoms with Crippen molar-refractivity contribution in [1.29, 1.82) is 0 Å². The zero-order valence-corrected chi connectivity index (χ0v) is 11.5. The second-order valence-electron chi connectivity index (χ2n) is 3.57. The average Bonchev–Trinajstić information content (AvgIpc) is 2.70. The average molecular weight is 283 g/mol. The first-order chi connectivity index (χ1) is 8.60. The van der Waals surface area contributed by atoms with Crippen LogP contribution in [0.2, 0.25) is 5.15 Å². The monoisotopic (exact) mass is 282 g/mol. The van der Waals surface area contributed by atoms with Gasteiger partial charge in [-0.3, -0.25) is 10.1 Å². The minimum absolute atomic E-state index is 0.213. The zero-order chi connectivity index (χ0) is 13.1. The van der Waals surface area contributed by atoms with E-state index in [1.165, 1.54) is 23.5 Å². The van der Waals surface area contributed by atoms with Gasteiger partial charge in [-0.25, -0.2) is 4.98 Å². The lowest BCUT2D eigenvalue weighted by molar-refractivity contribution is 0.102. The van der Waals surface area contributed by atoms with E-state index in [2.05, 4.69) is 20.5 Å². The van der Waals surface area contributed by atoms with Gasteiger partial charge in [-0.2, -0.15) is 0 Å². The Morgan fingerprint density at radius 1 is 1.44 bits per heavy atom. The standard InChI is InChI=1S/C11H11ClN4OS/c1-3-7-6(2)18-11(13-7)14-10(17)8-4-5-9(12)16-15-8/h4-5H,3H2,1-2H3,(H,13,14,17). The van der Waals surface area contributed by atoms with Crippen LogP contribution in [-0.4, -0.2) is 21.1 Å². The predicted molar refractivity (Wildman–Crippen MR) is 71.2 cm³/mol. The first-order valence-electron chi connectivity index (χ1n) is 5.37. The first-order valence-corrected chi connectivity index (χ1v) is 6.56. The zero-order valence-electron chi connectivity index (χ0n) is 9.90. The van der Waals surface area contributed by atoms with E-state index < -0.39 is 0 Å². The number of hydrogen-bond donors (Lipinski definition) is 1. The summed E-state index contributed by atoms with van der Waals surface area (Å²) < 4.78 is 0. The number of aromatic nitrogens is 3. The van der Waals surface area contributed by atoms with Gasteiger partial charge in [0.1, 0.15) is 0 Å². The van der Waals surface area contributed by atoms with E-state index in [1.807, 2.05) is 13.8 Å². The minimum atomic E-state index is -0.337. The maximum absolute atomic E-state index is 11.8. The fraction of sp³-hybridized carbons (Fsp3) is 0.273. The number of hydrogen-bond acceptors (Lipinski definition) is 5. The molecule has 0 bridgehead atoms. The van der Waals surface area contributed by atoms with Crippen LogP contribution >= 0.6 is 22.9 Å². The van der Waals surface area contributed by atoms with Gasteiger partial charge in [0.25, 0.3) is 5.91 Å². The molecule has 7 heteroatoms. The number of carbonyl (C=O) groups excluding carboxylic acids is 1. The van der Waals surface area contributed by atoms with Crippen LogP contribution in [0.15, 0.2) is 12.1 Å². The van der Waals surface area contributed by atoms with Crippen molar-refractivity contribution in [2.45, 2.75) is 20.3 Å². The normalized spacial score (nSPS) is 10.4. The van der Waals surface area contributed by atoms with Gasteiger partial charge in [-0.05, 0) is 25.5 Å². The predicted octanol–water partition coefficient (Wildman–Crippen LogP) is 2.71. The molecule has 1 amide bonds. The number of thiazole rings is 1. The molecular formula is C11H11ClN4OS. The summed E-state index contributed by atoms with van der Waals surface area (Å²) in [5.74, 6) is -0.337. The molecule has 0 radical (unpaired) electrons. The molecular weight excluding hydrogens is 272 g/mol.